The second-order valence-electron chi connectivity index (χ2n) is 4.84. The van der Waals surface area contributed by atoms with Crippen molar-refractivity contribution in [2.75, 3.05) is 25.2 Å². The number of hydrogen-bond donors (Lipinski definition) is 0. The van der Waals surface area contributed by atoms with Gasteiger partial charge in [-0.25, -0.2) is 8.78 Å². The van der Waals surface area contributed by atoms with Crippen molar-refractivity contribution in [3.8, 4) is 0 Å². The highest BCUT2D eigenvalue weighted by Gasteiger charge is 2.33. The van der Waals surface area contributed by atoms with E-state index in [4.69, 9.17) is 9.47 Å². The Morgan fingerprint density at radius 3 is 1.88 bits per heavy atom. The van der Waals surface area contributed by atoms with E-state index in [2.05, 4.69) is 0 Å². The SMILES string of the molecule is CCOC(=O)C(CC(=O)N(C)c1cc(F)cc(F)c1)C(=O)OCC. The predicted octanol–water partition coefficient (Wildman–Crippen LogP) is 2.06. The lowest BCUT2D eigenvalue weighted by Crippen LogP contribution is -2.35. The Morgan fingerprint density at radius 2 is 1.46 bits per heavy atom. The maximum atomic E-state index is 13.2. The zero-order valence-corrected chi connectivity index (χ0v) is 13.7. The normalized spacial score (nSPS) is 10.4. The van der Waals surface area contributed by atoms with E-state index in [0.29, 0.717) is 6.07 Å². The second kappa shape index (κ2) is 8.95. The molecule has 0 aliphatic rings. The smallest absolute Gasteiger partial charge is 0.320 e. The molecule has 0 bridgehead atoms. The molecule has 0 N–H and O–H groups in total. The molecule has 24 heavy (non-hydrogen) atoms. The molecule has 0 saturated carbocycles. The van der Waals surface area contributed by atoms with Gasteiger partial charge in [0.15, 0.2) is 5.92 Å². The van der Waals surface area contributed by atoms with Crippen molar-refractivity contribution >= 4 is 23.5 Å². The minimum absolute atomic E-state index is 0.0356. The van der Waals surface area contributed by atoms with E-state index in [1.807, 2.05) is 0 Å². The summed E-state index contributed by atoms with van der Waals surface area (Å²) in [5, 5.41) is 0. The van der Waals surface area contributed by atoms with E-state index >= 15 is 0 Å². The maximum absolute atomic E-state index is 13.2. The van der Waals surface area contributed by atoms with Crippen LogP contribution in [0.2, 0.25) is 0 Å². The summed E-state index contributed by atoms with van der Waals surface area (Å²) in [5.41, 5.74) is -0.0380. The zero-order valence-electron chi connectivity index (χ0n) is 13.7. The van der Waals surface area contributed by atoms with Crippen LogP contribution in [0.4, 0.5) is 14.5 Å². The Labute approximate surface area is 138 Å². The van der Waals surface area contributed by atoms with E-state index < -0.39 is 41.8 Å². The molecule has 1 rings (SSSR count). The number of ether oxygens (including phenoxy) is 2. The van der Waals surface area contributed by atoms with Crippen LogP contribution in [0.15, 0.2) is 18.2 Å². The number of carbonyl (C=O) groups excluding carboxylic acids is 3. The van der Waals surface area contributed by atoms with Gasteiger partial charge in [-0.05, 0) is 26.0 Å². The van der Waals surface area contributed by atoms with Crippen molar-refractivity contribution in [1.82, 2.24) is 0 Å². The lowest BCUT2D eigenvalue weighted by Gasteiger charge is -2.20. The first-order valence-electron chi connectivity index (χ1n) is 7.36. The van der Waals surface area contributed by atoms with Crippen LogP contribution in [0, 0.1) is 17.6 Å². The van der Waals surface area contributed by atoms with E-state index in [1.54, 1.807) is 13.8 Å². The van der Waals surface area contributed by atoms with Crippen LogP contribution in [0.25, 0.3) is 0 Å². The number of benzene rings is 1. The van der Waals surface area contributed by atoms with Gasteiger partial charge < -0.3 is 14.4 Å². The Bertz CT molecular complexity index is 582. The van der Waals surface area contributed by atoms with Crippen LogP contribution in [0.5, 0.6) is 0 Å². The number of amides is 1. The number of esters is 2. The van der Waals surface area contributed by atoms with Gasteiger partial charge in [-0.3, -0.25) is 14.4 Å². The summed E-state index contributed by atoms with van der Waals surface area (Å²) in [6.45, 7) is 3.19. The van der Waals surface area contributed by atoms with E-state index in [0.717, 1.165) is 17.0 Å². The molecule has 132 valence electrons. The number of nitrogens with zero attached hydrogens (tertiary/aromatic N) is 1. The van der Waals surface area contributed by atoms with Gasteiger partial charge in [-0.1, -0.05) is 0 Å². The molecule has 0 heterocycles. The summed E-state index contributed by atoms with van der Waals surface area (Å²) in [6.07, 6.45) is -0.535. The molecule has 0 aliphatic carbocycles. The highest BCUT2D eigenvalue weighted by molar-refractivity contribution is 6.02. The van der Waals surface area contributed by atoms with Crippen molar-refractivity contribution in [1.29, 1.82) is 0 Å². The van der Waals surface area contributed by atoms with E-state index in [9.17, 15) is 23.2 Å². The molecule has 0 unspecified atom stereocenters. The molecule has 0 radical (unpaired) electrons. The Kier molecular flexibility index (Phi) is 7.29. The molecule has 1 aromatic carbocycles. The van der Waals surface area contributed by atoms with E-state index in [-0.39, 0.29) is 18.9 Å². The second-order valence-corrected chi connectivity index (χ2v) is 4.84. The molecule has 0 aromatic heterocycles. The van der Waals surface area contributed by atoms with Gasteiger partial charge in [-0.2, -0.15) is 0 Å². The molecule has 8 heteroatoms. The monoisotopic (exact) mass is 343 g/mol. The molecule has 0 aliphatic heterocycles. The summed E-state index contributed by atoms with van der Waals surface area (Å²) < 4.78 is 36.0. The van der Waals surface area contributed by atoms with Crippen LogP contribution >= 0.6 is 0 Å². The Balaban J connectivity index is 2.93. The van der Waals surface area contributed by atoms with Gasteiger partial charge in [0.25, 0.3) is 0 Å². The number of anilines is 1. The molecule has 6 nitrogen and oxygen atoms in total. The summed E-state index contributed by atoms with van der Waals surface area (Å²) in [4.78, 5) is 36.9. The third kappa shape index (κ3) is 5.29. The summed E-state index contributed by atoms with van der Waals surface area (Å²) in [6, 6.07) is 2.59. The minimum atomic E-state index is -1.43. The summed E-state index contributed by atoms with van der Waals surface area (Å²) >= 11 is 0. The summed E-state index contributed by atoms with van der Waals surface area (Å²) in [7, 11) is 1.28. The van der Waals surface area contributed by atoms with E-state index in [1.165, 1.54) is 7.05 Å². The number of rotatable bonds is 7. The van der Waals surface area contributed by atoms with Crippen molar-refractivity contribution in [2.45, 2.75) is 20.3 Å². The quantitative estimate of drug-likeness (QED) is 0.560. The molecule has 0 atom stereocenters. The van der Waals surface area contributed by atoms with Gasteiger partial charge in [0.1, 0.15) is 11.6 Å². The van der Waals surface area contributed by atoms with Crippen LogP contribution in [-0.4, -0.2) is 38.1 Å². The maximum Gasteiger partial charge on any atom is 0.320 e. The highest BCUT2D eigenvalue weighted by Crippen LogP contribution is 2.19. The lowest BCUT2D eigenvalue weighted by atomic mass is 10.0. The van der Waals surface area contributed by atoms with Crippen molar-refractivity contribution in [3.63, 3.8) is 0 Å². The fourth-order valence-corrected chi connectivity index (χ4v) is 1.94. The number of halogens is 2. The van der Waals surface area contributed by atoms with Gasteiger partial charge >= 0.3 is 11.9 Å². The molecule has 0 fully saturated rings. The van der Waals surface area contributed by atoms with Crippen LogP contribution in [0.3, 0.4) is 0 Å². The predicted molar refractivity (Wildman–Crippen MR) is 81.1 cm³/mol. The van der Waals surface area contributed by atoms with Gasteiger partial charge in [0, 0.05) is 18.8 Å². The van der Waals surface area contributed by atoms with Crippen molar-refractivity contribution in [2.24, 2.45) is 5.92 Å². The van der Waals surface area contributed by atoms with Crippen LogP contribution in [-0.2, 0) is 23.9 Å². The zero-order chi connectivity index (χ0) is 18.3. The highest BCUT2D eigenvalue weighted by atomic mass is 19.1. The molecule has 0 spiro atoms. The summed E-state index contributed by atoms with van der Waals surface area (Å²) in [5.74, 6) is -5.59. The van der Waals surface area contributed by atoms with Gasteiger partial charge in [0.2, 0.25) is 5.91 Å². The van der Waals surface area contributed by atoms with Gasteiger partial charge in [0.05, 0.1) is 19.6 Å². The fraction of sp³-hybridized carbons (Fsp3) is 0.438. The minimum Gasteiger partial charge on any atom is -0.465 e. The first kappa shape index (κ1) is 19.5. The average molecular weight is 343 g/mol. The third-order valence-corrected chi connectivity index (χ3v) is 3.13. The standard InChI is InChI=1S/C16H19F2NO5/c1-4-23-15(21)13(16(22)24-5-2)9-14(20)19(3)12-7-10(17)6-11(18)8-12/h6-8,13H,4-5,9H2,1-3H3. The topological polar surface area (TPSA) is 72.9 Å². The van der Waals surface area contributed by atoms with Gasteiger partial charge in [-0.15, -0.1) is 0 Å². The van der Waals surface area contributed by atoms with Crippen molar-refractivity contribution < 1.29 is 32.6 Å². The number of hydrogen-bond acceptors (Lipinski definition) is 5. The molecule has 1 aromatic rings. The largest absolute Gasteiger partial charge is 0.465 e. The lowest BCUT2D eigenvalue weighted by molar-refractivity contribution is -0.163. The molecular weight excluding hydrogens is 324 g/mol. The molecule has 0 saturated heterocycles. The van der Waals surface area contributed by atoms with Crippen LogP contribution in [0.1, 0.15) is 20.3 Å². The number of carbonyl (C=O) groups is 3. The first-order valence-corrected chi connectivity index (χ1v) is 7.36. The molecule has 1 amide bonds. The Hall–Kier alpha value is -2.51. The van der Waals surface area contributed by atoms with Crippen molar-refractivity contribution in [3.05, 3.63) is 29.8 Å². The van der Waals surface area contributed by atoms with Crippen LogP contribution < -0.4 is 4.90 Å². The third-order valence-electron chi connectivity index (χ3n) is 3.13. The fourth-order valence-electron chi connectivity index (χ4n) is 1.94. The Morgan fingerprint density at radius 1 is 1.00 bits per heavy atom. The molecular formula is C16H19F2NO5. The first-order chi connectivity index (χ1) is 11.3. The average Bonchev–Trinajstić information content (AvgIpc) is 2.50.